The molecular formula is C15H19N3O2. The molecule has 0 amide bonds. The van der Waals surface area contributed by atoms with Gasteiger partial charge in [0.15, 0.2) is 0 Å². The molecule has 0 saturated carbocycles. The molecule has 0 spiro atoms. The maximum Gasteiger partial charge on any atom is 0.254 e. The number of hydrogen-bond acceptors (Lipinski definition) is 4. The van der Waals surface area contributed by atoms with Gasteiger partial charge in [-0.15, -0.1) is 0 Å². The van der Waals surface area contributed by atoms with Gasteiger partial charge in [0, 0.05) is 16.9 Å². The normalized spacial score (nSPS) is 10.6. The van der Waals surface area contributed by atoms with Crippen molar-refractivity contribution in [3.05, 3.63) is 39.8 Å². The molecule has 20 heavy (non-hydrogen) atoms. The van der Waals surface area contributed by atoms with Crippen molar-refractivity contribution in [1.29, 1.82) is 0 Å². The summed E-state index contributed by atoms with van der Waals surface area (Å²) in [6, 6.07) is 5.33. The fourth-order valence-electron chi connectivity index (χ4n) is 1.84. The number of anilines is 1. The number of aromatic amines is 1. The maximum atomic E-state index is 11.9. The Balaban J connectivity index is 2.56. The van der Waals surface area contributed by atoms with Crippen LogP contribution < -0.4 is 16.0 Å². The molecule has 0 aliphatic heterocycles. The first-order valence-corrected chi connectivity index (χ1v) is 6.63. The summed E-state index contributed by atoms with van der Waals surface area (Å²) in [7, 11) is 0. The first kappa shape index (κ1) is 14.1. The van der Waals surface area contributed by atoms with Gasteiger partial charge >= 0.3 is 0 Å². The Hall–Kier alpha value is -2.30. The number of hydrogen-bond donors (Lipinski definition) is 2. The van der Waals surface area contributed by atoms with Crippen LogP contribution in [0.1, 0.15) is 24.6 Å². The molecule has 5 nitrogen and oxygen atoms in total. The van der Waals surface area contributed by atoms with Gasteiger partial charge in [-0.05, 0) is 38.5 Å². The number of nitrogens with zero attached hydrogens (tertiary/aromatic N) is 1. The third kappa shape index (κ3) is 2.82. The van der Waals surface area contributed by atoms with Crippen LogP contribution in [0.15, 0.2) is 23.0 Å². The summed E-state index contributed by atoms with van der Waals surface area (Å²) in [6.07, 6.45) is 0.903. The monoisotopic (exact) mass is 273 g/mol. The Morgan fingerprint density at radius 2 is 2.10 bits per heavy atom. The highest BCUT2D eigenvalue weighted by molar-refractivity contribution is 5.69. The molecule has 0 unspecified atom stereocenters. The summed E-state index contributed by atoms with van der Waals surface area (Å²) in [6.45, 7) is 6.20. The highest BCUT2D eigenvalue weighted by Crippen LogP contribution is 2.29. The maximum absolute atomic E-state index is 11.9. The molecule has 1 heterocycles. The third-order valence-corrected chi connectivity index (χ3v) is 3.12. The van der Waals surface area contributed by atoms with E-state index in [0.29, 0.717) is 40.7 Å². The van der Waals surface area contributed by atoms with Crippen LogP contribution in [0.3, 0.4) is 0 Å². The lowest BCUT2D eigenvalue weighted by Crippen LogP contribution is -2.14. The van der Waals surface area contributed by atoms with Crippen molar-refractivity contribution < 1.29 is 4.74 Å². The van der Waals surface area contributed by atoms with Crippen LogP contribution in [0.5, 0.6) is 5.75 Å². The van der Waals surface area contributed by atoms with Crippen LogP contribution in [0.2, 0.25) is 0 Å². The van der Waals surface area contributed by atoms with Gasteiger partial charge in [0.25, 0.3) is 5.56 Å². The fraction of sp³-hybridized carbons (Fsp3) is 0.333. The van der Waals surface area contributed by atoms with E-state index in [1.165, 1.54) is 0 Å². The third-order valence-electron chi connectivity index (χ3n) is 3.12. The van der Waals surface area contributed by atoms with E-state index in [1.54, 1.807) is 25.1 Å². The highest BCUT2D eigenvalue weighted by Gasteiger charge is 2.12. The zero-order valence-electron chi connectivity index (χ0n) is 12.0. The molecule has 0 radical (unpaired) electrons. The lowest BCUT2D eigenvalue weighted by atomic mass is 10.1. The van der Waals surface area contributed by atoms with Crippen molar-refractivity contribution in [2.45, 2.75) is 27.2 Å². The van der Waals surface area contributed by atoms with Crippen LogP contribution in [-0.2, 0) is 0 Å². The van der Waals surface area contributed by atoms with E-state index in [2.05, 4.69) is 9.97 Å². The van der Waals surface area contributed by atoms with Gasteiger partial charge in [0.1, 0.15) is 11.6 Å². The number of aryl methyl sites for hydroxylation is 1. The van der Waals surface area contributed by atoms with Gasteiger partial charge < -0.3 is 15.5 Å². The van der Waals surface area contributed by atoms with E-state index in [-0.39, 0.29) is 5.56 Å². The first-order valence-electron chi connectivity index (χ1n) is 6.63. The summed E-state index contributed by atoms with van der Waals surface area (Å²) in [4.78, 5) is 19.1. The van der Waals surface area contributed by atoms with E-state index < -0.39 is 0 Å². The van der Waals surface area contributed by atoms with Gasteiger partial charge in [-0.3, -0.25) is 4.79 Å². The number of benzene rings is 1. The second-order valence-electron chi connectivity index (χ2n) is 4.73. The SMILES string of the molecule is CCCOc1ccc(N)cc1-c1nc(C)c(C)c(=O)[nH]1. The second kappa shape index (κ2) is 5.77. The molecule has 0 saturated heterocycles. The molecular weight excluding hydrogens is 254 g/mol. The van der Waals surface area contributed by atoms with Crippen LogP contribution in [0, 0.1) is 13.8 Å². The molecule has 0 aliphatic rings. The molecule has 3 N–H and O–H groups in total. The Kier molecular flexibility index (Phi) is 4.08. The Morgan fingerprint density at radius 3 is 2.75 bits per heavy atom. The average Bonchev–Trinajstić information content (AvgIpc) is 2.43. The zero-order chi connectivity index (χ0) is 14.7. The molecule has 2 aromatic rings. The van der Waals surface area contributed by atoms with E-state index in [4.69, 9.17) is 10.5 Å². The quantitative estimate of drug-likeness (QED) is 0.838. The molecule has 2 rings (SSSR count). The highest BCUT2D eigenvalue weighted by atomic mass is 16.5. The van der Waals surface area contributed by atoms with Crippen molar-refractivity contribution in [2.75, 3.05) is 12.3 Å². The van der Waals surface area contributed by atoms with E-state index >= 15 is 0 Å². The van der Waals surface area contributed by atoms with Crippen LogP contribution in [0.25, 0.3) is 11.4 Å². The molecule has 0 fully saturated rings. The molecule has 1 aromatic heterocycles. The van der Waals surface area contributed by atoms with Crippen LogP contribution >= 0.6 is 0 Å². The summed E-state index contributed by atoms with van der Waals surface area (Å²) < 4.78 is 5.69. The van der Waals surface area contributed by atoms with Crippen LogP contribution in [-0.4, -0.2) is 16.6 Å². The molecule has 0 atom stereocenters. The topological polar surface area (TPSA) is 81.0 Å². The van der Waals surface area contributed by atoms with Crippen molar-refractivity contribution in [1.82, 2.24) is 9.97 Å². The van der Waals surface area contributed by atoms with E-state index in [9.17, 15) is 4.79 Å². The predicted molar refractivity (Wildman–Crippen MR) is 80.0 cm³/mol. The predicted octanol–water partition coefficient (Wildman–Crippen LogP) is 2.42. The second-order valence-corrected chi connectivity index (χ2v) is 4.73. The zero-order valence-corrected chi connectivity index (χ0v) is 12.0. The Morgan fingerprint density at radius 1 is 1.35 bits per heavy atom. The molecule has 0 aliphatic carbocycles. The largest absolute Gasteiger partial charge is 0.493 e. The molecule has 5 heteroatoms. The summed E-state index contributed by atoms with van der Waals surface area (Å²) in [5.74, 6) is 1.16. The van der Waals surface area contributed by atoms with Gasteiger partial charge in [-0.25, -0.2) is 4.98 Å². The number of H-pyrrole nitrogens is 1. The summed E-state index contributed by atoms with van der Waals surface area (Å²) in [5, 5.41) is 0. The molecule has 1 aromatic carbocycles. The number of nitrogens with two attached hydrogens (primary N) is 1. The first-order chi connectivity index (χ1) is 9.52. The number of nitrogen functional groups attached to an aromatic ring is 1. The Labute approximate surface area is 117 Å². The van der Waals surface area contributed by atoms with E-state index in [1.807, 2.05) is 13.8 Å². The van der Waals surface area contributed by atoms with Crippen molar-refractivity contribution in [2.24, 2.45) is 0 Å². The number of rotatable bonds is 4. The van der Waals surface area contributed by atoms with Gasteiger partial charge in [-0.2, -0.15) is 0 Å². The van der Waals surface area contributed by atoms with Crippen LogP contribution in [0.4, 0.5) is 5.69 Å². The Bertz CT molecular complexity index is 677. The van der Waals surface area contributed by atoms with Crippen molar-refractivity contribution in [3.8, 4) is 17.1 Å². The summed E-state index contributed by atoms with van der Waals surface area (Å²) >= 11 is 0. The van der Waals surface area contributed by atoms with Gasteiger partial charge in [0.05, 0.1) is 12.2 Å². The van der Waals surface area contributed by atoms with Gasteiger partial charge in [-0.1, -0.05) is 6.92 Å². The molecule has 0 bridgehead atoms. The van der Waals surface area contributed by atoms with Crippen molar-refractivity contribution in [3.63, 3.8) is 0 Å². The number of nitrogens with one attached hydrogen (secondary N) is 1. The van der Waals surface area contributed by atoms with E-state index in [0.717, 1.165) is 6.42 Å². The lowest BCUT2D eigenvalue weighted by Gasteiger charge is -2.12. The average molecular weight is 273 g/mol. The minimum absolute atomic E-state index is 0.142. The lowest BCUT2D eigenvalue weighted by molar-refractivity contribution is 0.318. The van der Waals surface area contributed by atoms with Gasteiger partial charge in [0.2, 0.25) is 0 Å². The minimum Gasteiger partial charge on any atom is -0.493 e. The summed E-state index contributed by atoms with van der Waals surface area (Å²) in [5.41, 5.74) is 8.31. The minimum atomic E-state index is -0.142. The molecule has 106 valence electrons. The smallest absolute Gasteiger partial charge is 0.254 e. The number of ether oxygens (including phenoxy) is 1. The fourth-order valence-corrected chi connectivity index (χ4v) is 1.84. The standard InChI is InChI=1S/C15H19N3O2/c1-4-7-20-13-6-5-11(16)8-12(13)14-17-10(3)9(2)15(19)18-14/h5-6,8H,4,7,16H2,1-3H3,(H,17,18,19). The number of aromatic nitrogens is 2. The van der Waals surface area contributed by atoms with Crippen molar-refractivity contribution >= 4 is 5.69 Å².